The number of nitro benzene ring substituents is 1. The number of halogens is 1. The van der Waals surface area contributed by atoms with E-state index in [2.05, 4.69) is 20.8 Å². The molecule has 3 rings (SSSR count). The van der Waals surface area contributed by atoms with Gasteiger partial charge in [0.2, 0.25) is 17.6 Å². The van der Waals surface area contributed by atoms with Crippen molar-refractivity contribution in [1.29, 1.82) is 0 Å². The van der Waals surface area contributed by atoms with E-state index in [0.717, 1.165) is 5.69 Å². The fraction of sp³-hybridized carbons (Fsp3) is 0.211. The van der Waals surface area contributed by atoms with Gasteiger partial charge in [0.25, 0.3) is 5.69 Å². The van der Waals surface area contributed by atoms with Gasteiger partial charge in [0.1, 0.15) is 5.82 Å². The largest absolute Gasteiger partial charge is 0.383 e. The predicted molar refractivity (Wildman–Crippen MR) is 103 cm³/mol. The molecule has 1 heterocycles. The third-order valence-electron chi connectivity index (χ3n) is 3.99. The minimum absolute atomic E-state index is 0.0208. The van der Waals surface area contributed by atoms with Crippen molar-refractivity contribution in [1.82, 2.24) is 15.5 Å². The lowest BCUT2D eigenvalue weighted by Gasteiger charge is -2.07. The van der Waals surface area contributed by atoms with Crippen LogP contribution in [0.25, 0.3) is 11.4 Å². The molecule has 0 saturated heterocycles. The van der Waals surface area contributed by atoms with E-state index in [-0.39, 0.29) is 30.3 Å². The lowest BCUT2D eigenvalue weighted by Crippen LogP contribution is -2.28. The Morgan fingerprint density at radius 2 is 1.83 bits per heavy atom. The van der Waals surface area contributed by atoms with Crippen LogP contribution in [-0.2, 0) is 11.2 Å². The van der Waals surface area contributed by atoms with Gasteiger partial charge in [0.05, 0.1) is 4.92 Å². The van der Waals surface area contributed by atoms with Crippen LogP contribution in [0.4, 0.5) is 15.8 Å². The number of hydrogen-bond donors (Lipinski definition) is 2. The zero-order chi connectivity index (χ0) is 20.6. The summed E-state index contributed by atoms with van der Waals surface area (Å²) < 4.78 is 18.1. The Labute approximate surface area is 165 Å². The van der Waals surface area contributed by atoms with E-state index in [4.69, 9.17) is 4.52 Å². The Morgan fingerprint density at radius 1 is 1.10 bits per heavy atom. The number of nitro groups is 1. The van der Waals surface area contributed by atoms with Crippen molar-refractivity contribution >= 4 is 17.3 Å². The monoisotopic (exact) mass is 399 g/mol. The molecule has 2 N–H and O–H groups in total. The number of carbonyl (C=O) groups is 1. The minimum atomic E-state index is -0.462. The molecule has 0 saturated carbocycles. The topological polar surface area (TPSA) is 123 Å². The molecule has 0 aliphatic heterocycles. The zero-order valence-corrected chi connectivity index (χ0v) is 15.3. The van der Waals surface area contributed by atoms with Gasteiger partial charge in [0.15, 0.2) is 0 Å². The van der Waals surface area contributed by atoms with Gasteiger partial charge >= 0.3 is 0 Å². The number of aromatic nitrogens is 2. The summed E-state index contributed by atoms with van der Waals surface area (Å²) in [6.45, 7) is 0.860. The fourth-order valence-electron chi connectivity index (χ4n) is 2.49. The van der Waals surface area contributed by atoms with Gasteiger partial charge in [0, 0.05) is 49.3 Å². The predicted octanol–water partition coefficient (Wildman–Crippen LogP) is 2.94. The molecule has 0 bridgehead atoms. The van der Waals surface area contributed by atoms with Crippen LogP contribution in [0, 0.1) is 15.9 Å². The van der Waals surface area contributed by atoms with Crippen LogP contribution in [0.15, 0.2) is 53.1 Å². The van der Waals surface area contributed by atoms with Gasteiger partial charge in [-0.3, -0.25) is 14.9 Å². The van der Waals surface area contributed by atoms with E-state index in [9.17, 15) is 19.3 Å². The highest BCUT2D eigenvalue weighted by Gasteiger charge is 2.11. The Kier molecular flexibility index (Phi) is 6.46. The molecule has 1 aromatic heterocycles. The molecule has 0 fully saturated rings. The average Bonchev–Trinajstić information content (AvgIpc) is 3.19. The van der Waals surface area contributed by atoms with Gasteiger partial charge in [-0.1, -0.05) is 5.16 Å². The van der Waals surface area contributed by atoms with Crippen molar-refractivity contribution < 1.29 is 18.6 Å². The van der Waals surface area contributed by atoms with E-state index in [1.807, 2.05) is 0 Å². The molecule has 1 amide bonds. The number of hydrogen-bond acceptors (Lipinski definition) is 7. The maximum atomic E-state index is 12.9. The quantitative estimate of drug-likeness (QED) is 0.322. The summed E-state index contributed by atoms with van der Waals surface area (Å²) in [5.74, 6) is 0.144. The summed E-state index contributed by atoms with van der Waals surface area (Å²) in [7, 11) is 0. The fourth-order valence-corrected chi connectivity index (χ4v) is 2.49. The average molecular weight is 399 g/mol. The highest BCUT2D eigenvalue weighted by Crippen LogP contribution is 2.17. The van der Waals surface area contributed by atoms with Crippen LogP contribution in [0.3, 0.4) is 0 Å². The molecule has 3 aromatic rings. The van der Waals surface area contributed by atoms with Crippen molar-refractivity contribution in [2.45, 2.75) is 12.8 Å². The van der Waals surface area contributed by atoms with E-state index in [1.165, 1.54) is 24.3 Å². The van der Waals surface area contributed by atoms with Crippen molar-refractivity contribution in [3.63, 3.8) is 0 Å². The molecule has 9 nitrogen and oxygen atoms in total. The molecular weight excluding hydrogens is 381 g/mol. The van der Waals surface area contributed by atoms with Crippen molar-refractivity contribution in [3.8, 4) is 11.4 Å². The summed E-state index contributed by atoms with van der Waals surface area (Å²) in [4.78, 5) is 26.3. The SMILES string of the molecule is O=C(CCc1nc(-c2ccc(F)cc2)no1)NCCNc1ccc([N+](=O)[O-])cc1. The highest BCUT2D eigenvalue weighted by molar-refractivity contribution is 5.76. The zero-order valence-electron chi connectivity index (χ0n) is 15.3. The molecule has 29 heavy (non-hydrogen) atoms. The van der Waals surface area contributed by atoms with Crippen LogP contribution in [0.1, 0.15) is 12.3 Å². The number of aryl methyl sites for hydroxylation is 1. The second-order valence-electron chi connectivity index (χ2n) is 6.10. The summed E-state index contributed by atoms with van der Waals surface area (Å²) in [6, 6.07) is 11.7. The number of nitrogens with one attached hydrogen (secondary N) is 2. The van der Waals surface area contributed by atoms with Crippen molar-refractivity contribution in [2.75, 3.05) is 18.4 Å². The maximum Gasteiger partial charge on any atom is 0.269 e. The van der Waals surface area contributed by atoms with Crippen LogP contribution >= 0.6 is 0 Å². The van der Waals surface area contributed by atoms with E-state index in [0.29, 0.717) is 30.4 Å². The van der Waals surface area contributed by atoms with Crippen molar-refractivity contribution in [3.05, 3.63) is 70.4 Å². The first-order valence-electron chi connectivity index (χ1n) is 8.85. The Hall–Kier alpha value is -3.82. The number of anilines is 1. The highest BCUT2D eigenvalue weighted by atomic mass is 19.1. The van der Waals surface area contributed by atoms with Gasteiger partial charge in [-0.25, -0.2) is 4.39 Å². The number of carbonyl (C=O) groups excluding carboxylic acids is 1. The molecular formula is C19H18FN5O4. The van der Waals surface area contributed by atoms with Crippen LogP contribution in [0.2, 0.25) is 0 Å². The first-order valence-corrected chi connectivity index (χ1v) is 8.85. The van der Waals surface area contributed by atoms with Gasteiger partial charge < -0.3 is 15.2 Å². The molecule has 2 aromatic carbocycles. The van der Waals surface area contributed by atoms with Crippen LogP contribution in [-0.4, -0.2) is 34.1 Å². The number of benzene rings is 2. The molecule has 0 radical (unpaired) electrons. The number of rotatable bonds is 9. The van der Waals surface area contributed by atoms with Gasteiger partial charge in [-0.15, -0.1) is 0 Å². The second kappa shape index (κ2) is 9.40. The summed E-state index contributed by atoms with van der Waals surface area (Å²) >= 11 is 0. The molecule has 0 atom stereocenters. The summed E-state index contributed by atoms with van der Waals surface area (Å²) in [5.41, 5.74) is 1.37. The Balaban J connectivity index is 1.37. The van der Waals surface area contributed by atoms with Gasteiger partial charge in [-0.2, -0.15) is 4.98 Å². The van der Waals surface area contributed by atoms with Crippen LogP contribution < -0.4 is 10.6 Å². The lowest BCUT2D eigenvalue weighted by molar-refractivity contribution is -0.384. The lowest BCUT2D eigenvalue weighted by atomic mass is 10.2. The molecule has 10 heteroatoms. The molecule has 0 aliphatic carbocycles. The summed E-state index contributed by atoms with van der Waals surface area (Å²) in [6.07, 6.45) is 0.471. The number of nitrogens with zero attached hydrogens (tertiary/aromatic N) is 3. The van der Waals surface area contributed by atoms with E-state index in [1.54, 1.807) is 24.3 Å². The standard InChI is InChI=1S/C19H18FN5O4/c20-14-3-1-13(2-4-14)19-23-18(29-24-19)10-9-17(26)22-12-11-21-15-5-7-16(8-6-15)25(27)28/h1-8,21H,9-12H2,(H,22,26). The van der Waals surface area contributed by atoms with Crippen LogP contribution in [0.5, 0.6) is 0 Å². The number of amides is 1. The molecule has 150 valence electrons. The Morgan fingerprint density at radius 3 is 2.52 bits per heavy atom. The third-order valence-corrected chi connectivity index (χ3v) is 3.99. The molecule has 0 spiro atoms. The Bertz CT molecular complexity index is 973. The minimum Gasteiger partial charge on any atom is -0.383 e. The van der Waals surface area contributed by atoms with Crippen molar-refractivity contribution in [2.24, 2.45) is 0 Å². The third kappa shape index (κ3) is 5.83. The summed E-state index contributed by atoms with van der Waals surface area (Å²) in [5, 5.41) is 20.3. The molecule has 0 unspecified atom stereocenters. The normalized spacial score (nSPS) is 10.5. The first kappa shape index (κ1) is 19.9. The molecule has 0 aliphatic rings. The second-order valence-corrected chi connectivity index (χ2v) is 6.10. The first-order chi connectivity index (χ1) is 14.0. The van der Waals surface area contributed by atoms with E-state index < -0.39 is 4.92 Å². The smallest absolute Gasteiger partial charge is 0.269 e. The maximum absolute atomic E-state index is 12.9. The number of non-ortho nitro benzene ring substituents is 1. The van der Waals surface area contributed by atoms with E-state index >= 15 is 0 Å². The van der Waals surface area contributed by atoms with Gasteiger partial charge in [-0.05, 0) is 36.4 Å².